The number of aliphatic carboxylic acids is 1. The van der Waals surface area contributed by atoms with Crippen molar-refractivity contribution >= 4 is 11.9 Å². The summed E-state index contributed by atoms with van der Waals surface area (Å²) in [5.41, 5.74) is -2.93. The third-order valence-electron chi connectivity index (χ3n) is 17.3. The topological polar surface area (TPSA) is 233 Å². The Labute approximate surface area is 329 Å². The maximum Gasteiger partial charge on any atom is 0.315 e. The maximum absolute atomic E-state index is 14.6. The van der Waals surface area contributed by atoms with E-state index in [1.54, 1.807) is 6.92 Å². The van der Waals surface area contributed by atoms with Crippen LogP contribution in [0.1, 0.15) is 106 Å². The predicted octanol–water partition coefficient (Wildman–Crippen LogP) is 2.26. The van der Waals surface area contributed by atoms with Crippen LogP contribution in [0.5, 0.6) is 0 Å². The summed E-state index contributed by atoms with van der Waals surface area (Å²) >= 11 is 0. The minimum atomic E-state index is -1.74. The smallest absolute Gasteiger partial charge is 0.315 e. The summed E-state index contributed by atoms with van der Waals surface area (Å²) in [5, 5.41) is 84.5. The van der Waals surface area contributed by atoms with Crippen molar-refractivity contribution in [2.45, 2.75) is 174 Å². The van der Waals surface area contributed by atoms with Crippen LogP contribution in [-0.4, -0.2) is 127 Å². The quantitative estimate of drug-likeness (QED) is 0.110. The zero-order valence-corrected chi connectivity index (χ0v) is 33.9. The number of carboxylic acids is 1. The number of allylic oxidation sites excluding steroid dienone is 1. The molecule has 14 heteroatoms. The Kier molecular flexibility index (Phi) is 11.0. The molecule has 4 saturated carbocycles. The van der Waals surface area contributed by atoms with E-state index >= 15 is 0 Å². The number of esters is 1. The SMILES string of the molecule is CC1CC[C@]2(C(=O)OC3OC(CO)C(O)C(O)C3O)CC[C@]3(C(=O)O)C(=CCC4[C@@]5(C)CCC(OC6OC(C)C(O)C(O)C6O)C(C)(C)C5CC[C@]43C)C2C1C. The van der Waals surface area contributed by atoms with Crippen molar-refractivity contribution < 1.29 is 69.4 Å². The fourth-order valence-electron chi connectivity index (χ4n) is 13.9. The molecule has 0 aromatic carbocycles. The summed E-state index contributed by atoms with van der Waals surface area (Å²) in [6.45, 7) is 14.0. The van der Waals surface area contributed by atoms with E-state index in [1.165, 1.54) is 0 Å². The van der Waals surface area contributed by atoms with Gasteiger partial charge in [0.1, 0.15) is 42.7 Å². The van der Waals surface area contributed by atoms with Crippen molar-refractivity contribution in [2.75, 3.05) is 6.61 Å². The van der Waals surface area contributed by atoms with Gasteiger partial charge in [0.25, 0.3) is 0 Å². The lowest BCUT2D eigenvalue weighted by atomic mass is 9.33. The number of hydrogen-bond acceptors (Lipinski definition) is 13. The van der Waals surface area contributed by atoms with Gasteiger partial charge >= 0.3 is 11.9 Å². The highest BCUT2D eigenvalue weighted by Gasteiger charge is 2.74. The summed E-state index contributed by atoms with van der Waals surface area (Å²) in [6.07, 6.45) is -6.91. The molecule has 7 aliphatic rings. The first-order valence-electron chi connectivity index (χ1n) is 20.9. The molecule has 2 saturated heterocycles. The molecular weight excluding hydrogens is 728 g/mol. The summed E-state index contributed by atoms with van der Waals surface area (Å²) in [7, 11) is 0. The molecule has 56 heavy (non-hydrogen) atoms. The Balaban J connectivity index is 1.21. The van der Waals surface area contributed by atoms with Gasteiger partial charge in [-0.15, -0.1) is 0 Å². The molecule has 0 radical (unpaired) electrons. The largest absolute Gasteiger partial charge is 0.481 e. The van der Waals surface area contributed by atoms with Crippen molar-refractivity contribution in [1.82, 2.24) is 0 Å². The number of aliphatic hydroxyl groups is 7. The number of carbonyl (C=O) groups is 2. The highest BCUT2D eigenvalue weighted by molar-refractivity contribution is 5.85. The van der Waals surface area contributed by atoms with Crippen LogP contribution in [0.15, 0.2) is 11.6 Å². The van der Waals surface area contributed by atoms with Crippen molar-refractivity contribution in [3.05, 3.63) is 11.6 Å². The van der Waals surface area contributed by atoms with Crippen LogP contribution in [0.25, 0.3) is 0 Å². The van der Waals surface area contributed by atoms with Gasteiger partial charge in [-0.2, -0.15) is 0 Å². The van der Waals surface area contributed by atoms with Crippen LogP contribution in [0, 0.1) is 56.7 Å². The predicted molar refractivity (Wildman–Crippen MR) is 198 cm³/mol. The Bertz CT molecular complexity index is 1550. The fraction of sp³-hybridized carbons (Fsp3) is 0.905. The first kappa shape index (κ1) is 42.4. The van der Waals surface area contributed by atoms with Gasteiger partial charge in [-0.25, -0.2) is 0 Å². The van der Waals surface area contributed by atoms with E-state index in [0.29, 0.717) is 32.1 Å². The standard InChI is InChI=1S/C42H66O14/c1-19-10-15-41(37(52)56-35-33(49)31(47)29(45)23(18-43)54-35)16-17-42(36(50)51)22(27(41)20(19)2)8-9-25-39(6)13-12-26(38(4,5)24(39)11-14-40(25,42)7)55-34-32(48)30(46)28(44)21(3)53-34/h8,19-21,23-35,43-49H,9-18H2,1-7H3,(H,50,51)/t19?,20?,21?,23?,24?,25?,26?,27?,28?,29?,30?,31?,32?,33?,34?,35?,39-,40+,41-,42+/m0/s1. The van der Waals surface area contributed by atoms with E-state index in [0.717, 1.165) is 18.4 Å². The summed E-state index contributed by atoms with van der Waals surface area (Å²) in [6, 6.07) is 0. The highest BCUT2D eigenvalue weighted by Crippen LogP contribution is 2.76. The number of carboxylic acid groups (broad SMARTS) is 1. The van der Waals surface area contributed by atoms with Crippen LogP contribution in [-0.2, 0) is 28.5 Å². The summed E-state index contributed by atoms with van der Waals surface area (Å²) < 4.78 is 23.9. The van der Waals surface area contributed by atoms with E-state index in [1.807, 2.05) is 0 Å². The average Bonchev–Trinajstić information content (AvgIpc) is 3.14. The summed E-state index contributed by atoms with van der Waals surface area (Å²) in [5.74, 6) is -1.73. The minimum absolute atomic E-state index is 0.00720. The first-order chi connectivity index (χ1) is 26.1. The van der Waals surface area contributed by atoms with Gasteiger partial charge in [-0.1, -0.05) is 53.2 Å². The second-order valence-corrected chi connectivity index (χ2v) is 20.0. The number of rotatable bonds is 6. The highest BCUT2D eigenvalue weighted by atomic mass is 16.7. The molecule has 0 amide bonds. The summed E-state index contributed by atoms with van der Waals surface area (Å²) in [4.78, 5) is 28.8. The molecule has 0 aromatic rings. The normalized spacial score (nSPS) is 54.0. The molecule has 0 aromatic heterocycles. The van der Waals surface area contributed by atoms with Crippen molar-refractivity contribution in [3.8, 4) is 0 Å². The van der Waals surface area contributed by atoms with Gasteiger partial charge in [-0.05, 0) is 111 Å². The molecule has 6 fully saturated rings. The first-order valence-corrected chi connectivity index (χ1v) is 20.9. The second kappa shape index (κ2) is 14.5. The minimum Gasteiger partial charge on any atom is -0.481 e. The molecule has 0 bridgehead atoms. The van der Waals surface area contributed by atoms with Crippen LogP contribution in [0.3, 0.4) is 0 Å². The van der Waals surface area contributed by atoms with E-state index in [4.69, 9.17) is 18.9 Å². The molecule has 2 aliphatic heterocycles. The third kappa shape index (κ3) is 5.85. The van der Waals surface area contributed by atoms with Crippen LogP contribution in [0.4, 0.5) is 0 Å². The second-order valence-electron chi connectivity index (χ2n) is 20.0. The molecule has 8 N–H and O–H groups in total. The van der Waals surface area contributed by atoms with Crippen LogP contribution < -0.4 is 0 Å². The van der Waals surface area contributed by atoms with Gasteiger partial charge in [-0.3, -0.25) is 9.59 Å². The average molecular weight is 795 g/mol. The molecule has 16 unspecified atom stereocenters. The Morgan fingerprint density at radius 3 is 2.09 bits per heavy atom. The van der Waals surface area contributed by atoms with Crippen LogP contribution >= 0.6 is 0 Å². The van der Waals surface area contributed by atoms with Crippen molar-refractivity contribution in [2.24, 2.45) is 56.7 Å². The zero-order valence-electron chi connectivity index (χ0n) is 33.9. The Morgan fingerprint density at radius 1 is 0.768 bits per heavy atom. The Hall–Kier alpha value is -1.72. The lowest BCUT2D eigenvalue weighted by molar-refractivity contribution is -0.324. The van der Waals surface area contributed by atoms with Gasteiger partial charge in [0.15, 0.2) is 6.29 Å². The molecule has 5 aliphatic carbocycles. The lowest BCUT2D eigenvalue weighted by Crippen LogP contribution is -2.68. The number of aliphatic hydroxyl groups excluding tert-OH is 7. The van der Waals surface area contributed by atoms with Gasteiger partial charge < -0.3 is 59.8 Å². The van der Waals surface area contributed by atoms with Crippen molar-refractivity contribution in [1.29, 1.82) is 0 Å². The van der Waals surface area contributed by atoms with E-state index < -0.39 is 108 Å². The van der Waals surface area contributed by atoms with E-state index in [2.05, 4.69) is 47.6 Å². The van der Waals surface area contributed by atoms with Crippen molar-refractivity contribution in [3.63, 3.8) is 0 Å². The zero-order chi connectivity index (χ0) is 41.1. The van der Waals surface area contributed by atoms with E-state index in [-0.39, 0.29) is 48.0 Å². The van der Waals surface area contributed by atoms with Crippen LogP contribution in [0.2, 0.25) is 0 Å². The molecule has 7 rings (SSSR count). The number of hydrogen-bond donors (Lipinski definition) is 8. The Morgan fingerprint density at radius 2 is 1.43 bits per heavy atom. The third-order valence-corrected chi connectivity index (χ3v) is 17.3. The number of carbonyl (C=O) groups excluding carboxylic acids is 1. The maximum atomic E-state index is 14.6. The van der Waals surface area contributed by atoms with E-state index in [9.17, 15) is 50.4 Å². The molecule has 318 valence electrons. The van der Waals surface area contributed by atoms with Gasteiger partial charge in [0.05, 0.1) is 29.6 Å². The molecule has 20 atom stereocenters. The monoisotopic (exact) mass is 794 g/mol. The molecular formula is C42H66O14. The molecule has 0 spiro atoms. The lowest BCUT2D eigenvalue weighted by Gasteiger charge is -2.70. The fourth-order valence-corrected chi connectivity index (χ4v) is 13.9. The van der Waals surface area contributed by atoms with Gasteiger partial charge in [0, 0.05) is 0 Å². The number of ether oxygens (including phenoxy) is 4. The van der Waals surface area contributed by atoms with Gasteiger partial charge in [0.2, 0.25) is 6.29 Å². The molecule has 2 heterocycles. The molecule has 14 nitrogen and oxygen atoms in total. The number of fused-ring (bicyclic) bond motifs is 7.